The van der Waals surface area contributed by atoms with Crippen LogP contribution in [0.25, 0.3) is 10.8 Å². The number of piperazine rings is 1. The summed E-state index contributed by atoms with van der Waals surface area (Å²) in [5.74, 6) is 0.125. The van der Waals surface area contributed by atoms with Gasteiger partial charge in [0, 0.05) is 37.1 Å². The molecule has 160 valence electrons. The van der Waals surface area contributed by atoms with E-state index in [4.69, 9.17) is 0 Å². The summed E-state index contributed by atoms with van der Waals surface area (Å²) in [6, 6.07) is 34.2. The molecule has 1 aliphatic rings. The summed E-state index contributed by atoms with van der Waals surface area (Å²) in [5, 5.41) is 2.35. The molecule has 0 aliphatic carbocycles. The van der Waals surface area contributed by atoms with Gasteiger partial charge < -0.3 is 4.90 Å². The summed E-state index contributed by atoms with van der Waals surface area (Å²) in [5.41, 5.74) is 4.55. The number of fused-ring (bicyclic) bond motifs is 1. The van der Waals surface area contributed by atoms with Crippen LogP contribution in [-0.4, -0.2) is 36.9 Å². The van der Waals surface area contributed by atoms with Crippen LogP contribution in [0.5, 0.6) is 0 Å². The highest BCUT2D eigenvalue weighted by Gasteiger charge is 2.28. The van der Waals surface area contributed by atoms with Crippen molar-refractivity contribution in [2.24, 2.45) is 0 Å². The van der Waals surface area contributed by atoms with Gasteiger partial charge in [-0.25, -0.2) is 0 Å². The van der Waals surface area contributed by atoms with Crippen molar-refractivity contribution in [3.63, 3.8) is 0 Å². The molecular formula is C29H28N2O. The minimum absolute atomic E-state index is 0.125. The zero-order valence-electron chi connectivity index (χ0n) is 18.4. The number of hydrogen-bond acceptors (Lipinski definition) is 3. The van der Waals surface area contributed by atoms with E-state index in [0.29, 0.717) is 0 Å². The maximum absolute atomic E-state index is 12.5. The van der Waals surface area contributed by atoms with Gasteiger partial charge in [-0.15, -0.1) is 0 Å². The van der Waals surface area contributed by atoms with E-state index in [2.05, 4.69) is 101 Å². The maximum Gasteiger partial charge on any atom is 0.161 e. The van der Waals surface area contributed by atoms with Gasteiger partial charge in [-0.1, -0.05) is 91.0 Å². The molecule has 0 aromatic heterocycles. The van der Waals surface area contributed by atoms with Crippen molar-refractivity contribution in [2.75, 3.05) is 31.1 Å². The average molecular weight is 421 g/mol. The Morgan fingerprint density at radius 1 is 0.688 bits per heavy atom. The van der Waals surface area contributed by atoms with Gasteiger partial charge in [-0.3, -0.25) is 9.69 Å². The second-order valence-corrected chi connectivity index (χ2v) is 8.49. The molecule has 0 unspecified atom stereocenters. The zero-order valence-corrected chi connectivity index (χ0v) is 18.4. The third kappa shape index (κ3) is 3.92. The van der Waals surface area contributed by atoms with E-state index < -0.39 is 0 Å². The lowest BCUT2D eigenvalue weighted by Gasteiger charge is -2.41. The molecule has 3 nitrogen and oxygen atoms in total. The fraction of sp³-hybridized carbons (Fsp3) is 0.207. The van der Waals surface area contributed by atoms with Crippen molar-refractivity contribution >= 4 is 22.2 Å². The van der Waals surface area contributed by atoms with Crippen molar-refractivity contribution in [1.29, 1.82) is 0 Å². The van der Waals surface area contributed by atoms with Crippen molar-refractivity contribution in [1.82, 2.24) is 4.90 Å². The molecule has 32 heavy (non-hydrogen) atoms. The van der Waals surface area contributed by atoms with Crippen molar-refractivity contribution < 1.29 is 4.79 Å². The van der Waals surface area contributed by atoms with Gasteiger partial charge >= 0.3 is 0 Å². The number of carbonyl (C=O) groups is 1. The third-order valence-electron chi connectivity index (χ3n) is 6.51. The first-order valence-electron chi connectivity index (χ1n) is 11.3. The Balaban J connectivity index is 1.46. The molecule has 0 radical (unpaired) electrons. The Morgan fingerprint density at radius 3 is 1.84 bits per heavy atom. The number of Topliss-reactive ketones (excluding diaryl/α,β-unsaturated/α-hetero) is 1. The number of rotatable bonds is 5. The molecule has 1 saturated heterocycles. The lowest BCUT2D eigenvalue weighted by molar-refractivity contribution is 0.101. The van der Waals surface area contributed by atoms with Crippen LogP contribution in [0.3, 0.4) is 0 Å². The molecule has 0 atom stereocenters. The summed E-state index contributed by atoms with van der Waals surface area (Å²) in [4.78, 5) is 17.4. The highest BCUT2D eigenvalue weighted by atomic mass is 16.1. The Hall–Kier alpha value is -3.43. The summed E-state index contributed by atoms with van der Waals surface area (Å²) >= 11 is 0. The topological polar surface area (TPSA) is 23.6 Å². The van der Waals surface area contributed by atoms with Gasteiger partial charge in [0.05, 0.1) is 11.7 Å². The van der Waals surface area contributed by atoms with Gasteiger partial charge in [0.1, 0.15) is 0 Å². The molecule has 0 amide bonds. The Labute approximate surface area is 189 Å². The van der Waals surface area contributed by atoms with E-state index in [1.54, 1.807) is 6.92 Å². The maximum atomic E-state index is 12.5. The summed E-state index contributed by atoms with van der Waals surface area (Å²) in [7, 11) is 0. The standard InChI is InChI=1S/C29H28N2O/c1-22(32)26-17-16-23-10-8-9-15-27(23)29(26)31-20-18-30(19-21-31)28(24-11-4-2-5-12-24)25-13-6-3-7-14-25/h2-17,28H,18-21H2,1H3. The van der Waals surface area contributed by atoms with Crippen molar-refractivity contribution in [3.8, 4) is 0 Å². The number of anilines is 1. The predicted octanol–water partition coefficient (Wildman–Crippen LogP) is 5.95. The first-order valence-corrected chi connectivity index (χ1v) is 11.3. The Morgan fingerprint density at radius 2 is 1.25 bits per heavy atom. The van der Waals surface area contributed by atoms with Crippen LogP contribution < -0.4 is 4.90 Å². The number of ketones is 1. The molecule has 1 heterocycles. The molecule has 0 saturated carbocycles. The molecule has 3 heteroatoms. The summed E-state index contributed by atoms with van der Waals surface area (Å²) < 4.78 is 0. The first-order chi connectivity index (χ1) is 15.7. The number of nitrogens with zero attached hydrogens (tertiary/aromatic N) is 2. The number of benzene rings is 4. The smallest absolute Gasteiger partial charge is 0.161 e. The van der Waals surface area contributed by atoms with Crippen LogP contribution in [0.4, 0.5) is 5.69 Å². The predicted molar refractivity (Wildman–Crippen MR) is 132 cm³/mol. The van der Waals surface area contributed by atoms with E-state index in [9.17, 15) is 4.79 Å². The van der Waals surface area contributed by atoms with Crippen LogP contribution in [0.15, 0.2) is 97.1 Å². The SMILES string of the molecule is CC(=O)c1ccc2ccccc2c1N1CCN(C(c2ccccc2)c2ccccc2)CC1. The van der Waals surface area contributed by atoms with E-state index in [1.165, 1.54) is 16.5 Å². The average Bonchev–Trinajstić information content (AvgIpc) is 2.85. The Kier molecular flexibility index (Phi) is 5.74. The molecule has 0 N–H and O–H groups in total. The van der Waals surface area contributed by atoms with Gasteiger partial charge in [0.2, 0.25) is 0 Å². The fourth-order valence-electron chi connectivity index (χ4n) is 4.97. The molecule has 1 aliphatic heterocycles. The number of carbonyl (C=O) groups excluding carboxylic acids is 1. The van der Waals surface area contributed by atoms with Crippen LogP contribution in [0.2, 0.25) is 0 Å². The molecule has 0 bridgehead atoms. The van der Waals surface area contributed by atoms with Crippen molar-refractivity contribution in [2.45, 2.75) is 13.0 Å². The van der Waals surface area contributed by atoms with Crippen LogP contribution >= 0.6 is 0 Å². The van der Waals surface area contributed by atoms with Gasteiger partial charge in [0.15, 0.2) is 5.78 Å². The summed E-state index contributed by atoms with van der Waals surface area (Å²) in [6.07, 6.45) is 0. The van der Waals surface area contributed by atoms with E-state index in [-0.39, 0.29) is 11.8 Å². The monoisotopic (exact) mass is 420 g/mol. The largest absolute Gasteiger partial charge is 0.368 e. The van der Waals surface area contributed by atoms with E-state index >= 15 is 0 Å². The van der Waals surface area contributed by atoms with Gasteiger partial charge in [0.25, 0.3) is 0 Å². The van der Waals surface area contributed by atoms with Crippen molar-refractivity contribution in [3.05, 3.63) is 114 Å². The third-order valence-corrected chi connectivity index (χ3v) is 6.51. The molecule has 4 aromatic rings. The molecule has 5 rings (SSSR count). The molecule has 0 spiro atoms. The lowest BCUT2D eigenvalue weighted by Crippen LogP contribution is -2.48. The normalized spacial score (nSPS) is 14.8. The quantitative estimate of drug-likeness (QED) is 0.373. The van der Waals surface area contributed by atoms with Gasteiger partial charge in [-0.05, 0) is 29.5 Å². The minimum atomic E-state index is 0.125. The zero-order chi connectivity index (χ0) is 21.9. The fourth-order valence-corrected chi connectivity index (χ4v) is 4.97. The van der Waals surface area contributed by atoms with Crippen LogP contribution in [0.1, 0.15) is 34.5 Å². The summed E-state index contributed by atoms with van der Waals surface area (Å²) in [6.45, 7) is 5.34. The first kappa shape index (κ1) is 20.5. The van der Waals surface area contributed by atoms with E-state index in [1.807, 2.05) is 6.07 Å². The lowest BCUT2D eigenvalue weighted by atomic mass is 9.96. The van der Waals surface area contributed by atoms with Gasteiger partial charge in [-0.2, -0.15) is 0 Å². The molecule has 1 fully saturated rings. The second-order valence-electron chi connectivity index (χ2n) is 8.49. The number of hydrogen-bond donors (Lipinski definition) is 0. The second kappa shape index (κ2) is 8.97. The highest BCUT2D eigenvalue weighted by Crippen LogP contribution is 2.34. The molecule has 4 aromatic carbocycles. The van der Waals surface area contributed by atoms with Crippen LogP contribution in [0, 0.1) is 0 Å². The Bertz CT molecular complexity index is 1170. The van der Waals surface area contributed by atoms with E-state index in [0.717, 1.165) is 42.8 Å². The minimum Gasteiger partial charge on any atom is -0.368 e. The van der Waals surface area contributed by atoms with Crippen LogP contribution in [-0.2, 0) is 0 Å². The highest BCUT2D eigenvalue weighted by molar-refractivity contribution is 6.08. The molecular weight excluding hydrogens is 392 g/mol.